The van der Waals surface area contributed by atoms with Gasteiger partial charge in [0.05, 0.1) is 11.6 Å². The lowest BCUT2D eigenvalue weighted by molar-refractivity contribution is 0.0765. The van der Waals surface area contributed by atoms with Gasteiger partial charge in [0.25, 0.3) is 5.91 Å². The first-order valence-electron chi connectivity index (χ1n) is 5.58. The van der Waals surface area contributed by atoms with Crippen molar-refractivity contribution in [2.75, 3.05) is 18.4 Å². The SMILES string of the molecule is CCN(CCCBr)C(=O)c1ccc(C#N)cc1. The molecule has 0 fully saturated rings. The number of carbonyl (C=O) groups is 1. The highest BCUT2D eigenvalue weighted by molar-refractivity contribution is 9.09. The van der Waals surface area contributed by atoms with E-state index in [-0.39, 0.29) is 5.91 Å². The van der Waals surface area contributed by atoms with E-state index in [1.165, 1.54) is 0 Å². The van der Waals surface area contributed by atoms with Crippen LogP contribution >= 0.6 is 15.9 Å². The third kappa shape index (κ3) is 3.86. The second-order valence-electron chi connectivity index (χ2n) is 3.62. The molecule has 0 radical (unpaired) electrons. The van der Waals surface area contributed by atoms with Crippen LogP contribution < -0.4 is 0 Å². The minimum Gasteiger partial charge on any atom is -0.339 e. The molecule has 0 aromatic heterocycles. The Labute approximate surface area is 110 Å². The minimum atomic E-state index is 0.0259. The lowest BCUT2D eigenvalue weighted by atomic mass is 10.1. The molecule has 0 saturated carbocycles. The predicted molar refractivity (Wildman–Crippen MR) is 71.1 cm³/mol. The zero-order chi connectivity index (χ0) is 12.7. The van der Waals surface area contributed by atoms with Crippen LogP contribution in [0.3, 0.4) is 0 Å². The topological polar surface area (TPSA) is 44.1 Å². The molecule has 1 rings (SSSR count). The summed E-state index contributed by atoms with van der Waals surface area (Å²) in [4.78, 5) is 13.9. The lowest BCUT2D eigenvalue weighted by Gasteiger charge is -2.20. The van der Waals surface area contributed by atoms with E-state index in [0.717, 1.165) is 18.3 Å². The number of benzene rings is 1. The van der Waals surface area contributed by atoms with Gasteiger partial charge in [0.2, 0.25) is 0 Å². The summed E-state index contributed by atoms with van der Waals surface area (Å²) < 4.78 is 0. The van der Waals surface area contributed by atoms with E-state index < -0.39 is 0 Å². The second-order valence-corrected chi connectivity index (χ2v) is 4.41. The maximum atomic E-state index is 12.1. The van der Waals surface area contributed by atoms with E-state index in [1.54, 1.807) is 24.3 Å². The number of nitriles is 1. The summed E-state index contributed by atoms with van der Waals surface area (Å²) >= 11 is 3.36. The largest absolute Gasteiger partial charge is 0.339 e. The van der Waals surface area contributed by atoms with Crippen LogP contribution in [0.5, 0.6) is 0 Å². The van der Waals surface area contributed by atoms with Crippen molar-refractivity contribution in [2.24, 2.45) is 0 Å². The van der Waals surface area contributed by atoms with Crippen LogP contribution in [-0.2, 0) is 0 Å². The third-order valence-electron chi connectivity index (χ3n) is 2.49. The predicted octanol–water partition coefficient (Wildman–Crippen LogP) is 2.81. The number of rotatable bonds is 5. The van der Waals surface area contributed by atoms with Crippen LogP contribution in [0.2, 0.25) is 0 Å². The van der Waals surface area contributed by atoms with Crippen LogP contribution in [0.4, 0.5) is 0 Å². The van der Waals surface area contributed by atoms with Crippen molar-refractivity contribution in [1.29, 1.82) is 5.26 Å². The summed E-state index contributed by atoms with van der Waals surface area (Å²) in [6.07, 6.45) is 0.940. The Morgan fingerprint density at radius 2 is 2.06 bits per heavy atom. The molecule has 0 bridgehead atoms. The molecule has 3 nitrogen and oxygen atoms in total. The van der Waals surface area contributed by atoms with Gasteiger partial charge in [0.15, 0.2) is 0 Å². The van der Waals surface area contributed by atoms with Crippen molar-refractivity contribution < 1.29 is 4.79 Å². The molecule has 17 heavy (non-hydrogen) atoms. The Hall–Kier alpha value is -1.34. The van der Waals surface area contributed by atoms with Gasteiger partial charge >= 0.3 is 0 Å². The summed E-state index contributed by atoms with van der Waals surface area (Å²) in [5.74, 6) is 0.0259. The monoisotopic (exact) mass is 294 g/mol. The van der Waals surface area contributed by atoms with E-state index in [0.29, 0.717) is 17.7 Å². The van der Waals surface area contributed by atoms with Gasteiger partial charge in [-0.05, 0) is 37.6 Å². The molecule has 1 aromatic carbocycles. The number of carbonyl (C=O) groups excluding carboxylic acids is 1. The zero-order valence-electron chi connectivity index (χ0n) is 9.82. The Morgan fingerprint density at radius 1 is 1.41 bits per heavy atom. The van der Waals surface area contributed by atoms with Crippen molar-refractivity contribution in [1.82, 2.24) is 4.90 Å². The molecular formula is C13H15BrN2O. The smallest absolute Gasteiger partial charge is 0.253 e. The number of alkyl halides is 1. The summed E-state index contributed by atoms with van der Waals surface area (Å²) in [7, 11) is 0. The van der Waals surface area contributed by atoms with Crippen molar-refractivity contribution in [3.63, 3.8) is 0 Å². The zero-order valence-corrected chi connectivity index (χ0v) is 11.4. The first-order valence-corrected chi connectivity index (χ1v) is 6.70. The van der Waals surface area contributed by atoms with Gasteiger partial charge in [-0.1, -0.05) is 15.9 Å². The molecule has 1 aromatic rings. The molecule has 0 aliphatic heterocycles. The summed E-state index contributed by atoms with van der Waals surface area (Å²) in [5, 5.41) is 9.58. The van der Waals surface area contributed by atoms with E-state index in [1.807, 2.05) is 17.9 Å². The molecular weight excluding hydrogens is 280 g/mol. The van der Waals surface area contributed by atoms with Crippen LogP contribution in [0.15, 0.2) is 24.3 Å². The molecule has 0 N–H and O–H groups in total. The van der Waals surface area contributed by atoms with Crippen molar-refractivity contribution in [3.8, 4) is 6.07 Å². The molecule has 0 aliphatic rings. The number of hydrogen-bond donors (Lipinski definition) is 0. The standard InChI is InChI=1S/C13H15BrN2O/c1-2-16(9-3-8-14)13(17)12-6-4-11(10-15)5-7-12/h4-7H,2-3,8-9H2,1H3. The fourth-order valence-electron chi connectivity index (χ4n) is 1.52. The van der Waals surface area contributed by atoms with Gasteiger partial charge in [-0.15, -0.1) is 0 Å². The van der Waals surface area contributed by atoms with Crippen LogP contribution in [-0.4, -0.2) is 29.2 Å². The van der Waals surface area contributed by atoms with Gasteiger partial charge in [0, 0.05) is 24.0 Å². The fourth-order valence-corrected chi connectivity index (χ4v) is 1.77. The quantitative estimate of drug-likeness (QED) is 0.784. The Morgan fingerprint density at radius 3 is 2.53 bits per heavy atom. The van der Waals surface area contributed by atoms with Gasteiger partial charge in [-0.3, -0.25) is 4.79 Å². The normalized spacial score (nSPS) is 9.71. The maximum absolute atomic E-state index is 12.1. The molecule has 0 heterocycles. The number of hydrogen-bond acceptors (Lipinski definition) is 2. The van der Waals surface area contributed by atoms with E-state index >= 15 is 0 Å². The first kappa shape index (κ1) is 13.7. The van der Waals surface area contributed by atoms with Crippen LogP contribution in [0.25, 0.3) is 0 Å². The molecule has 0 saturated heterocycles. The van der Waals surface area contributed by atoms with Crippen LogP contribution in [0.1, 0.15) is 29.3 Å². The molecule has 0 aliphatic carbocycles. The highest BCUT2D eigenvalue weighted by atomic mass is 79.9. The summed E-state index contributed by atoms with van der Waals surface area (Å²) in [6.45, 7) is 3.42. The third-order valence-corrected chi connectivity index (χ3v) is 3.05. The average Bonchev–Trinajstić information content (AvgIpc) is 2.39. The van der Waals surface area contributed by atoms with E-state index in [9.17, 15) is 4.79 Å². The highest BCUT2D eigenvalue weighted by Gasteiger charge is 2.13. The number of amides is 1. The lowest BCUT2D eigenvalue weighted by Crippen LogP contribution is -2.31. The second kappa shape index (κ2) is 7.08. The molecule has 1 amide bonds. The van der Waals surface area contributed by atoms with Gasteiger partial charge in [-0.2, -0.15) is 5.26 Å². The van der Waals surface area contributed by atoms with Crippen molar-refractivity contribution in [2.45, 2.75) is 13.3 Å². The van der Waals surface area contributed by atoms with Crippen molar-refractivity contribution in [3.05, 3.63) is 35.4 Å². The molecule has 0 spiro atoms. The molecule has 4 heteroatoms. The fraction of sp³-hybridized carbons (Fsp3) is 0.385. The van der Waals surface area contributed by atoms with Crippen molar-refractivity contribution >= 4 is 21.8 Å². The molecule has 0 atom stereocenters. The number of halogens is 1. The summed E-state index contributed by atoms with van der Waals surface area (Å²) in [6, 6.07) is 8.80. The van der Waals surface area contributed by atoms with E-state index in [4.69, 9.17) is 5.26 Å². The molecule has 0 unspecified atom stereocenters. The molecule has 90 valence electrons. The summed E-state index contributed by atoms with van der Waals surface area (Å²) in [5.41, 5.74) is 1.21. The maximum Gasteiger partial charge on any atom is 0.253 e. The first-order chi connectivity index (χ1) is 8.22. The Balaban J connectivity index is 2.76. The minimum absolute atomic E-state index is 0.0259. The van der Waals surface area contributed by atoms with Gasteiger partial charge in [0.1, 0.15) is 0 Å². The van der Waals surface area contributed by atoms with Crippen LogP contribution in [0, 0.1) is 11.3 Å². The Bertz CT molecular complexity index is 408. The number of nitrogens with zero attached hydrogens (tertiary/aromatic N) is 2. The van der Waals surface area contributed by atoms with Gasteiger partial charge in [-0.25, -0.2) is 0 Å². The van der Waals surface area contributed by atoms with E-state index in [2.05, 4.69) is 15.9 Å². The highest BCUT2D eigenvalue weighted by Crippen LogP contribution is 2.08. The Kier molecular flexibility index (Phi) is 5.71. The van der Waals surface area contributed by atoms with Gasteiger partial charge < -0.3 is 4.90 Å². The average molecular weight is 295 g/mol.